The first-order valence-corrected chi connectivity index (χ1v) is 7.65. The summed E-state index contributed by atoms with van der Waals surface area (Å²) < 4.78 is 5.61. The van der Waals surface area contributed by atoms with Gasteiger partial charge in [-0.15, -0.1) is 0 Å². The molecule has 1 aromatic heterocycles. The van der Waals surface area contributed by atoms with Gasteiger partial charge in [0.15, 0.2) is 0 Å². The summed E-state index contributed by atoms with van der Waals surface area (Å²) in [4.78, 5) is 0. The molecule has 0 fully saturated rings. The lowest BCUT2D eigenvalue weighted by atomic mass is 10.0. The lowest BCUT2D eigenvalue weighted by Gasteiger charge is -2.11. The lowest BCUT2D eigenvalue weighted by molar-refractivity contribution is 0.178. The molecule has 1 atom stereocenters. The van der Waals surface area contributed by atoms with E-state index in [0.717, 1.165) is 30.8 Å². The highest BCUT2D eigenvalue weighted by Gasteiger charge is 2.09. The summed E-state index contributed by atoms with van der Waals surface area (Å²) in [7, 11) is 0. The number of aliphatic hydroxyl groups excluding tert-OH is 1. The van der Waals surface area contributed by atoms with E-state index in [1.165, 1.54) is 5.56 Å². The maximum Gasteiger partial charge on any atom is 0.119 e. The Balaban J connectivity index is 1.90. The topological polar surface area (TPSA) is 29.5 Å². The molecule has 102 valence electrons. The number of benzene rings is 1. The van der Waals surface area contributed by atoms with Gasteiger partial charge in [-0.05, 0) is 46.5 Å². The second-order valence-corrected chi connectivity index (χ2v) is 5.40. The fourth-order valence-corrected chi connectivity index (χ4v) is 2.55. The van der Waals surface area contributed by atoms with Crippen LogP contribution in [0.15, 0.2) is 41.1 Å². The third-order valence-electron chi connectivity index (χ3n) is 3.04. The van der Waals surface area contributed by atoms with Crippen LogP contribution < -0.4 is 4.74 Å². The van der Waals surface area contributed by atoms with E-state index in [1.807, 2.05) is 29.6 Å². The number of unbranched alkanes of at least 4 members (excludes halogenated alkanes) is 1. The first-order chi connectivity index (χ1) is 9.29. The highest BCUT2D eigenvalue weighted by atomic mass is 32.1. The summed E-state index contributed by atoms with van der Waals surface area (Å²) in [5.41, 5.74) is 2.12. The largest absolute Gasteiger partial charge is 0.494 e. The van der Waals surface area contributed by atoms with E-state index >= 15 is 0 Å². The van der Waals surface area contributed by atoms with Gasteiger partial charge in [0.05, 0.1) is 12.7 Å². The predicted molar refractivity (Wildman–Crippen MR) is 79.8 cm³/mol. The minimum atomic E-state index is -0.445. The molecule has 0 aliphatic heterocycles. The third-order valence-corrected chi connectivity index (χ3v) is 3.77. The summed E-state index contributed by atoms with van der Waals surface area (Å²) in [5, 5.41) is 14.3. The highest BCUT2D eigenvalue weighted by molar-refractivity contribution is 7.07. The van der Waals surface area contributed by atoms with Crippen LogP contribution in [0.3, 0.4) is 0 Å². The lowest BCUT2D eigenvalue weighted by Crippen LogP contribution is -2.01. The van der Waals surface area contributed by atoms with Gasteiger partial charge in [0.25, 0.3) is 0 Å². The summed E-state index contributed by atoms with van der Waals surface area (Å²) in [5.74, 6) is 0.875. The number of hydrogen-bond acceptors (Lipinski definition) is 3. The van der Waals surface area contributed by atoms with Crippen molar-refractivity contribution in [3.8, 4) is 5.75 Å². The van der Waals surface area contributed by atoms with Gasteiger partial charge in [0.2, 0.25) is 0 Å². The van der Waals surface area contributed by atoms with E-state index in [-0.39, 0.29) is 0 Å². The molecule has 0 amide bonds. The summed E-state index contributed by atoms with van der Waals surface area (Å²) in [6.07, 6.45) is 2.43. The Morgan fingerprint density at radius 2 is 2.00 bits per heavy atom. The quantitative estimate of drug-likeness (QED) is 0.768. The molecule has 0 aliphatic carbocycles. The zero-order chi connectivity index (χ0) is 13.5. The molecule has 0 radical (unpaired) electrons. The van der Waals surface area contributed by atoms with Crippen LogP contribution >= 0.6 is 11.3 Å². The van der Waals surface area contributed by atoms with Gasteiger partial charge in [-0.25, -0.2) is 0 Å². The average molecular weight is 276 g/mol. The van der Waals surface area contributed by atoms with Crippen molar-refractivity contribution < 1.29 is 9.84 Å². The second kappa shape index (κ2) is 7.31. The van der Waals surface area contributed by atoms with E-state index in [9.17, 15) is 5.11 Å². The number of ether oxygens (including phenoxy) is 1. The summed E-state index contributed by atoms with van der Waals surface area (Å²) >= 11 is 1.66. The molecule has 0 aliphatic rings. The Kier molecular flexibility index (Phi) is 5.43. The second-order valence-electron chi connectivity index (χ2n) is 4.62. The Hall–Kier alpha value is -1.32. The van der Waals surface area contributed by atoms with Crippen LogP contribution in [0.25, 0.3) is 0 Å². The van der Waals surface area contributed by atoms with Crippen molar-refractivity contribution in [1.29, 1.82) is 0 Å². The normalized spacial score (nSPS) is 12.3. The third kappa shape index (κ3) is 4.37. The molecule has 2 aromatic rings. The standard InChI is InChI=1S/C16H20O2S/c1-2-3-9-18-15-6-4-14(5-7-15)16(17)11-13-8-10-19-12-13/h4-8,10,12,16-17H,2-3,9,11H2,1H3. The van der Waals surface area contributed by atoms with Crippen molar-refractivity contribution in [2.24, 2.45) is 0 Å². The minimum absolute atomic E-state index is 0.445. The van der Waals surface area contributed by atoms with E-state index in [1.54, 1.807) is 11.3 Å². The van der Waals surface area contributed by atoms with Crippen LogP contribution in [-0.4, -0.2) is 11.7 Å². The zero-order valence-electron chi connectivity index (χ0n) is 11.2. The van der Waals surface area contributed by atoms with Crippen molar-refractivity contribution in [3.63, 3.8) is 0 Å². The van der Waals surface area contributed by atoms with Crippen molar-refractivity contribution in [2.75, 3.05) is 6.61 Å². The number of thiophene rings is 1. The average Bonchev–Trinajstić information content (AvgIpc) is 2.93. The molecule has 2 nitrogen and oxygen atoms in total. The molecular weight excluding hydrogens is 256 g/mol. The van der Waals surface area contributed by atoms with E-state index in [0.29, 0.717) is 6.42 Å². The highest BCUT2D eigenvalue weighted by Crippen LogP contribution is 2.22. The smallest absolute Gasteiger partial charge is 0.119 e. The Labute approximate surface area is 118 Å². The summed E-state index contributed by atoms with van der Waals surface area (Å²) in [6, 6.07) is 9.80. The number of rotatable bonds is 7. The molecule has 1 aromatic carbocycles. The fourth-order valence-electron chi connectivity index (χ4n) is 1.87. The maximum atomic E-state index is 10.2. The molecule has 0 spiro atoms. The minimum Gasteiger partial charge on any atom is -0.494 e. The van der Waals surface area contributed by atoms with Gasteiger partial charge in [-0.1, -0.05) is 25.5 Å². The van der Waals surface area contributed by atoms with Gasteiger partial charge < -0.3 is 9.84 Å². The van der Waals surface area contributed by atoms with Crippen LogP contribution in [0.2, 0.25) is 0 Å². The number of hydrogen-bond donors (Lipinski definition) is 1. The van der Waals surface area contributed by atoms with Gasteiger partial charge in [0.1, 0.15) is 5.75 Å². The SMILES string of the molecule is CCCCOc1ccc(C(O)Cc2ccsc2)cc1. The molecule has 19 heavy (non-hydrogen) atoms. The van der Waals surface area contributed by atoms with Crippen molar-refractivity contribution in [1.82, 2.24) is 0 Å². The Morgan fingerprint density at radius 3 is 2.63 bits per heavy atom. The van der Waals surface area contributed by atoms with Gasteiger partial charge in [0, 0.05) is 6.42 Å². The van der Waals surface area contributed by atoms with E-state index < -0.39 is 6.10 Å². The van der Waals surface area contributed by atoms with Gasteiger partial charge in [-0.3, -0.25) is 0 Å². The van der Waals surface area contributed by atoms with Crippen LogP contribution in [0, 0.1) is 0 Å². The van der Waals surface area contributed by atoms with Crippen molar-refractivity contribution in [2.45, 2.75) is 32.3 Å². The Bertz CT molecular complexity index is 462. The first kappa shape index (κ1) is 14.1. The molecule has 2 rings (SSSR count). The van der Waals surface area contributed by atoms with Crippen molar-refractivity contribution in [3.05, 3.63) is 52.2 Å². The monoisotopic (exact) mass is 276 g/mol. The number of aliphatic hydroxyl groups is 1. The molecule has 0 saturated carbocycles. The van der Waals surface area contributed by atoms with Crippen molar-refractivity contribution >= 4 is 11.3 Å². The zero-order valence-corrected chi connectivity index (χ0v) is 12.0. The molecule has 1 heterocycles. The molecule has 0 bridgehead atoms. The van der Waals surface area contributed by atoms with E-state index in [2.05, 4.69) is 18.4 Å². The molecule has 1 unspecified atom stereocenters. The van der Waals surface area contributed by atoms with Gasteiger partial charge >= 0.3 is 0 Å². The van der Waals surface area contributed by atoms with Gasteiger partial charge in [-0.2, -0.15) is 11.3 Å². The van der Waals surface area contributed by atoms with Crippen LogP contribution in [0.1, 0.15) is 37.0 Å². The molecule has 0 saturated heterocycles. The van der Waals surface area contributed by atoms with Crippen LogP contribution in [0.5, 0.6) is 5.75 Å². The van der Waals surface area contributed by atoms with E-state index in [4.69, 9.17) is 4.74 Å². The molecule has 1 N–H and O–H groups in total. The molecule has 3 heteroatoms. The Morgan fingerprint density at radius 1 is 1.21 bits per heavy atom. The maximum absolute atomic E-state index is 10.2. The van der Waals surface area contributed by atoms with Crippen LogP contribution in [-0.2, 0) is 6.42 Å². The molecular formula is C16H20O2S. The van der Waals surface area contributed by atoms with Crippen LogP contribution in [0.4, 0.5) is 0 Å². The fraction of sp³-hybridized carbons (Fsp3) is 0.375. The summed E-state index contributed by atoms with van der Waals surface area (Å²) in [6.45, 7) is 2.90. The predicted octanol–water partition coefficient (Wildman–Crippen LogP) is 4.20. The first-order valence-electron chi connectivity index (χ1n) is 6.71.